The molecule has 0 unspecified atom stereocenters. The van der Waals surface area contributed by atoms with Gasteiger partial charge >= 0.3 is 0 Å². The van der Waals surface area contributed by atoms with Gasteiger partial charge in [-0.3, -0.25) is 4.79 Å². The van der Waals surface area contributed by atoms with E-state index >= 15 is 0 Å². The Balaban J connectivity index is 2.66. The Morgan fingerprint density at radius 1 is 1.44 bits per heavy atom. The van der Waals surface area contributed by atoms with E-state index in [1.54, 1.807) is 25.1 Å². The molecule has 0 bridgehead atoms. The van der Waals surface area contributed by atoms with Gasteiger partial charge in [-0.2, -0.15) is 11.8 Å². The zero-order chi connectivity index (χ0) is 13.7. The summed E-state index contributed by atoms with van der Waals surface area (Å²) in [5.41, 5.74) is 0.443. The van der Waals surface area contributed by atoms with Crippen molar-refractivity contribution >= 4 is 40.9 Å². The van der Waals surface area contributed by atoms with Crippen LogP contribution in [0.5, 0.6) is 0 Å². The smallest absolute Gasteiger partial charge is 0.232 e. The van der Waals surface area contributed by atoms with Gasteiger partial charge in [-0.1, -0.05) is 29.3 Å². The third-order valence-corrected chi connectivity index (χ3v) is 4.11. The molecule has 0 aliphatic carbocycles. The molecule has 100 valence electrons. The molecule has 0 heterocycles. The fourth-order valence-electron chi connectivity index (χ4n) is 1.38. The van der Waals surface area contributed by atoms with Crippen molar-refractivity contribution in [3.05, 3.63) is 33.8 Å². The van der Waals surface area contributed by atoms with Crippen molar-refractivity contribution in [1.82, 2.24) is 5.32 Å². The minimum atomic E-state index is -0.913. The maximum atomic E-state index is 11.6. The van der Waals surface area contributed by atoms with Crippen LogP contribution in [-0.2, 0) is 4.79 Å². The molecule has 18 heavy (non-hydrogen) atoms. The zero-order valence-electron chi connectivity index (χ0n) is 10.1. The highest BCUT2D eigenvalue weighted by Crippen LogP contribution is 2.29. The first-order valence-corrected chi connectivity index (χ1v) is 7.44. The average molecular weight is 308 g/mol. The summed E-state index contributed by atoms with van der Waals surface area (Å²) in [5, 5.41) is 13.3. The summed E-state index contributed by atoms with van der Waals surface area (Å²) >= 11 is 13.4. The lowest BCUT2D eigenvalue weighted by Gasteiger charge is -2.16. The first kappa shape index (κ1) is 15.6. The molecule has 0 aromatic heterocycles. The predicted octanol–water partition coefficient (Wildman–Crippen LogP) is 2.89. The number of carbonyl (C=O) groups is 1. The molecule has 0 saturated heterocycles. The van der Waals surface area contributed by atoms with Crippen LogP contribution in [0.3, 0.4) is 0 Å². The molecular weight excluding hydrogens is 293 g/mol. The number of rotatable bonds is 5. The van der Waals surface area contributed by atoms with E-state index in [-0.39, 0.29) is 17.7 Å². The first-order chi connectivity index (χ1) is 8.47. The van der Waals surface area contributed by atoms with Crippen molar-refractivity contribution in [3.8, 4) is 0 Å². The van der Waals surface area contributed by atoms with Crippen LogP contribution >= 0.6 is 35.0 Å². The summed E-state index contributed by atoms with van der Waals surface area (Å²) in [6.45, 7) is 1.89. The fourth-order valence-corrected chi connectivity index (χ4v) is 2.33. The summed E-state index contributed by atoms with van der Waals surface area (Å²) in [5.74, 6) is -0.121. The number of amides is 1. The molecule has 0 fully saturated rings. The largest absolute Gasteiger partial charge is 0.386 e. The predicted molar refractivity (Wildman–Crippen MR) is 77.4 cm³/mol. The van der Waals surface area contributed by atoms with E-state index in [9.17, 15) is 9.90 Å². The van der Waals surface area contributed by atoms with Crippen molar-refractivity contribution in [1.29, 1.82) is 0 Å². The molecule has 2 atom stereocenters. The van der Waals surface area contributed by atoms with Crippen molar-refractivity contribution in [3.63, 3.8) is 0 Å². The van der Waals surface area contributed by atoms with Crippen molar-refractivity contribution in [2.24, 2.45) is 0 Å². The molecule has 1 aromatic carbocycles. The average Bonchev–Trinajstić information content (AvgIpc) is 2.34. The highest BCUT2D eigenvalue weighted by atomic mass is 35.5. The Morgan fingerprint density at radius 3 is 2.50 bits per heavy atom. The van der Waals surface area contributed by atoms with Gasteiger partial charge in [-0.05, 0) is 25.3 Å². The molecule has 0 spiro atoms. The first-order valence-electron chi connectivity index (χ1n) is 5.39. The number of halogens is 2. The number of hydrogen-bond acceptors (Lipinski definition) is 3. The van der Waals surface area contributed by atoms with E-state index < -0.39 is 6.10 Å². The number of carbonyl (C=O) groups excluding carboxylic acids is 1. The van der Waals surface area contributed by atoms with Crippen molar-refractivity contribution in [2.45, 2.75) is 18.3 Å². The number of benzene rings is 1. The summed E-state index contributed by atoms with van der Waals surface area (Å²) in [4.78, 5) is 11.6. The van der Waals surface area contributed by atoms with E-state index in [1.165, 1.54) is 11.8 Å². The highest BCUT2D eigenvalue weighted by Gasteiger charge is 2.17. The summed E-state index contributed by atoms with van der Waals surface area (Å²) in [7, 11) is 0. The zero-order valence-corrected chi connectivity index (χ0v) is 12.4. The topological polar surface area (TPSA) is 49.3 Å². The number of aliphatic hydroxyl groups is 1. The Bertz CT molecular complexity index is 408. The van der Waals surface area contributed by atoms with Crippen LogP contribution in [0.4, 0.5) is 0 Å². The minimum Gasteiger partial charge on any atom is -0.386 e. The van der Waals surface area contributed by atoms with Gasteiger partial charge in [0.25, 0.3) is 0 Å². The maximum absolute atomic E-state index is 11.6. The standard InChI is InChI=1S/C12H15Cl2NO2S/c1-7(18-2)12(17)15-6-10(16)11-8(13)4-3-5-9(11)14/h3-5,7,10,16H,6H2,1-2H3,(H,15,17)/t7-,10+/m0/s1. The van der Waals surface area contributed by atoms with Crippen LogP contribution in [0.1, 0.15) is 18.6 Å². The van der Waals surface area contributed by atoms with Crippen LogP contribution in [0.15, 0.2) is 18.2 Å². The van der Waals surface area contributed by atoms with E-state index in [0.717, 1.165) is 0 Å². The SMILES string of the molecule is CS[C@@H](C)C(=O)NC[C@@H](O)c1c(Cl)cccc1Cl. The van der Waals surface area contributed by atoms with Crippen LogP contribution in [0.2, 0.25) is 10.0 Å². The van der Waals surface area contributed by atoms with E-state index in [1.807, 2.05) is 6.26 Å². The monoisotopic (exact) mass is 307 g/mol. The van der Waals surface area contributed by atoms with Crippen LogP contribution in [0.25, 0.3) is 0 Å². The molecule has 6 heteroatoms. The molecule has 1 aromatic rings. The van der Waals surface area contributed by atoms with Gasteiger partial charge in [-0.15, -0.1) is 0 Å². The molecule has 2 N–H and O–H groups in total. The second-order valence-corrected chi connectivity index (χ2v) is 5.77. The van der Waals surface area contributed by atoms with Gasteiger partial charge < -0.3 is 10.4 Å². The normalized spacial score (nSPS) is 14.1. The molecule has 0 aliphatic heterocycles. The van der Waals surface area contributed by atoms with Gasteiger partial charge in [0.05, 0.1) is 11.4 Å². The Morgan fingerprint density at radius 2 is 2.00 bits per heavy atom. The van der Waals surface area contributed by atoms with Crippen LogP contribution in [0, 0.1) is 0 Å². The molecule has 1 rings (SSSR count). The van der Waals surface area contributed by atoms with Crippen LogP contribution < -0.4 is 5.32 Å². The van der Waals surface area contributed by atoms with Gasteiger partial charge in [-0.25, -0.2) is 0 Å². The second kappa shape index (κ2) is 7.24. The lowest BCUT2D eigenvalue weighted by molar-refractivity contribution is -0.120. The number of nitrogens with one attached hydrogen (secondary N) is 1. The Hall–Kier alpha value is -0.420. The molecular formula is C12H15Cl2NO2S. The van der Waals surface area contributed by atoms with Gasteiger partial charge in [0, 0.05) is 22.2 Å². The molecule has 3 nitrogen and oxygen atoms in total. The Kier molecular flexibility index (Phi) is 6.29. The second-order valence-electron chi connectivity index (χ2n) is 3.77. The highest BCUT2D eigenvalue weighted by molar-refractivity contribution is 7.99. The van der Waals surface area contributed by atoms with E-state index in [4.69, 9.17) is 23.2 Å². The van der Waals surface area contributed by atoms with Crippen molar-refractivity contribution in [2.75, 3.05) is 12.8 Å². The Labute approximate surface area is 121 Å². The molecule has 0 radical (unpaired) electrons. The maximum Gasteiger partial charge on any atom is 0.232 e. The lowest BCUT2D eigenvalue weighted by Crippen LogP contribution is -2.34. The molecule has 0 saturated carbocycles. The third kappa shape index (κ3) is 4.05. The lowest BCUT2D eigenvalue weighted by atomic mass is 10.1. The molecule has 1 amide bonds. The summed E-state index contributed by atoms with van der Waals surface area (Å²) in [6.07, 6.45) is 0.940. The van der Waals surface area contributed by atoms with Gasteiger partial charge in [0.15, 0.2) is 0 Å². The quantitative estimate of drug-likeness (QED) is 0.879. The third-order valence-electron chi connectivity index (χ3n) is 2.53. The number of aliphatic hydroxyl groups excluding tert-OH is 1. The number of thioether (sulfide) groups is 1. The minimum absolute atomic E-state index is 0.0905. The number of hydrogen-bond donors (Lipinski definition) is 2. The van der Waals surface area contributed by atoms with E-state index in [0.29, 0.717) is 15.6 Å². The molecule has 0 aliphatic rings. The summed E-state index contributed by atoms with van der Waals surface area (Å²) < 4.78 is 0. The van der Waals surface area contributed by atoms with E-state index in [2.05, 4.69) is 5.32 Å². The fraction of sp³-hybridized carbons (Fsp3) is 0.417. The van der Waals surface area contributed by atoms with Gasteiger partial charge in [0.1, 0.15) is 0 Å². The summed E-state index contributed by atoms with van der Waals surface area (Å²) in [6, 6.07) is 5.01. The van der Waals surface area contributed by atoms with Gasteiger partial charge in [0.2, 0.25) is 5.91 Å². The van der Waals surface area contributed by atoms with Crippen LogP contribution in [-0.4, -0.2) is 29.1 Å². The van der Waals surface area contributed by atoms with Crippen molar-refractivity contribution < 1.29 is 9.90 Å².